The van der Waals surface area contributed by atoms with Crippen molar-refractivity contribution in [3.63, 3.8) is 0 Å². The second-order valence-electron chi connectivity index (χ2n) is 10.9. The van der Waals surface area contributed by atoms with E-state index < -0.39 is 28.9 Å². The van der Waals surface area contributed by atoms with Gasteiger partial charge in [0.15, 0.2) is 0 Å². The standard InChI is InChI=1S/C38H32FN3O5S2/c1-23-12-16-26(17-13-23)31-22-48-37(33(31)38(46)47-3)42-34(43)24(2)49-30-11-7-10-29(21-30)40-36(45)32(20-25-14-18-28(39)19-15-25)41-35(44)27-8-5-4-6-9-27/h4-22,24H,1-3H3,(H,40,45)(H,41,44)(H,42,43)/b32-20-. The summed E-state index contributed by atoms with van der Waals surface area (Å²) in [5.74, 6) is -2.39. The van der Waals surface area contributed by atoms with Crippen LogP contribution >= 0.6 is 23.1 Å². The topological polar surface area (TPSA) is 114 Å². The monoisotopic (exact) mass is 693 g/mol. The molecule has 1 aromatic heterocycles. The molecule has 0 spiro atoms. The van der Waals surface area contributed by atoms with Crippen molar-refractivity contribution < 1.29 is 28.3 Å². The fraction of sp³-hybridized carbons (Fsp3) is 0.105. The molecule has 5 aromatic rings. The van der Waals surface area contributed by atoms with Crippen LogP contribution in [0.15, 0.2) is 119 Å². The number of anilines is 2. The molecule has 0 saturated heterocycles. The minimum atomic E-state index is -0.598. The molecule has 4 aromatic carbocycles. The molecule has 49 heavy (non-hydrogen) atoms. The Morgan fingerprint density at radius 3 is 2.29 bits per heavy atom. The average Bonchev–Trinajstić information content (AvgIpc) is 3.52. The fourth-order valence-electron chi connectivity index (χ4n) is 4.69. The van der Waals surface area contributed by atoms with E-state index in [1.54, 1.807) is 61.5 Å². The Labute approximate surface area is 291 Å². The molecule has 0 bridgehead atoms. The van der Waals surface area contributed by atoms with Crippen LogP contribution in [-0.2, 0) is 14.3 Å². The van der Waals surface area contributed by atoms with Crippen molar-refractivity contribution in [3.8, 4) is 11.1 Å². The largest absolute Gasteiger partial charge is 0.465 e. The van der Waals surface area contributed by atoms with Gasteiger partial charge in [-0.25, -0.2) is 9.18 Å². The van der Waals surface area contributed by atoms with Crippen LogP contribution in [0.4, 0.5) is 15.1 Å². The van der Waals surface area contributed by atoms with Gasteiger partial charge in [0.1, 0.15) is 22.1 Å². The third kappa shape index (κ3) is 9.10. The lowest BCUT2D eigenvalue weighted by Crippen LogP contribution is -2.30. The molecule has 3 amide bonds. The van der Waals surface area contributed by atoms with Crippen LogP contribution in [0, 0.1) is 12.7 Å². The molecule has 11 heteroatoms. The first-order chi connectivity index (χ1) is 23.6. The summed E-state index contributed by atoms with van der Waals surface area (Å²) >= 11 is 2.51. The van der Waals surface area contributed by atoms with Crippen LogP contribution in [-0.4, -0.2) is 36.1 Å². The van der Waals surface area contributed by atoms with Gasteiger partial charge < -0.3 is 20.7 Å². The van der Waals surface area contributed by atoms with Gasteiger partial charge in [-0.3, -0.25) is 14.4 Å². The summed E-state index contributed by atoms with van der Waals surface area (Å²) in [7, 11) is 1.30. The Bertz CT molecular complexity index is 2010. The highest BCUT2D eigenvalue weighted by Crippen LogP contribution is 2.37. The number of hydrogen-bond donors (Lipinski definition) is 3. The van der Waals surface area contributed by atoms with Crippen molar-refractivity contribution in [2.45, 2.75) is 24.0 Å². The number of thioether (sulfide) groups is 1. The SMILES string of the molecule is COC(=O)c1c(-c2ccc(C)cc2)csc1NC(=O)C(C)Sc1cccc(NC(=O)/C(=C/c2ccc(F)cc2)NC(=O)c2ccccc2)c1. The molecule has 0 aliphatic carbocycles. The number of nitrogens with one attached hydrogen (secondary N) is 3. The number of carbonyl (C=O) groups is 4. The maximum Gasteiger partial charge on any atom is 0.341 e. The lowest BCUT2D eigenvalue weighted by molar-refractivity contribution is -0.115. The van der Waals surface area contributed by atoms with E-state index >= 15 is 0 Å². The van der Waals surface area contributed by atoms with E-state index in [1.165, 1.54) is 60.5 Å². The Balaban J connectivity index is 1.29. The van der Waals surface area contributed by atoms with Crippen molar-refractivity contribution in [1.29, 1.82) is 0 Å². The molecule has 1 atom stereocenters. The zero-order valence-corrected chi connectivity index (χ0v) is 28.4. The van der Waals surface area contributed by atoms with Crippen LogP contribution in [0.1, 0.15) is 38.8 Å². The summed E-state index contributed by atoms with van der Waals surface area (Å²) in [6.45, 7) is 3.71. The predicted molar refractivity (Wildman–Crippen MR) is 193 cm³/mol. The van der Waals surface area contributed by atoms with Crippen LogP contribution in [0.2, 0.25) is 0 Å². The molecule has 248 valence electrons. The molecule has 0 aliphatic heterocycles. The predicted octanol–water partition coefficient (Wildman–Crippen LogP) is 8.18. The van der Waals surface area contributed by atoms with Crippen molar-refractivity contribution >= 4 is 63.6 Å². The first kappa shape index (κ1) is 34.8. The second kappa shape index (κ2) is 16.1. The van der Waals surface area contributed by atoms with E-state index in [2.05, 4.69) is 16.0 Å². The van der Waals surface area contributed by atoms with Crippen molar-refractivity contribution in [3.05, 3.63) is 142 Å². The number of aryl methyl sites for hydroxylation is 1. The number of thiophene rings is 1. The third-order valence-corrected chi connectivity index (χ3v) is 9.25. The first-order valence-corrected chi connectivity index (χ1v) is 16.9. The minimum absolute atomic E-state index is 0.0476. The molecule has 0 saturated carbocycles. The molecular formula is C38H32FN3O5S2. The zero-order chi connectivity index (χ0) is 34.9. The number of carbonyl (C=O) groups excluding carboxylic acids is 4. The normalized spacial score (nSPS) is 11.7. The molecule has 1 unspecified atom stereocenters. The highest BCUT2D eigenvalue weighted by molar-refractivity contribution is 8.00. The third-order valence-electron chi connectivity index (χ3n) is 7.26. The van der Waals surface area contributed by atoms with E-state index in [-0.39, 0.29) is 17.2 Å². The number of ether oxygens (including phenoxy) is 1. The van der Waals surface area contributed by atoms with Gasteiger partial charge in [-0.15, -0.1) is 23.1 Å². The fourth-order valence-corrected chi connectivity index (χ4v) is 6.57. The Hall–Kier alpha value is -5.52. The molecule has 3 N–H and O–H groups in total. The summed E-state index contributed by atoms with van der Waals surface area (Å²) in [6.07, 6.45) is 1.46. The smallest absolute Gasteiger partial charge is 0.341 e. The average molecular weight is 694 g/mol. The lowest BCUT2D eigenvalue weighted by atomic mass is 10.0. The summed E-state index contributed by atoms with van der Waals surface area (Å²) in [5, 5.41) is 9.97. The van der Waals surface area contributed by atoms with Crippen LogP contribution in [0.25, 0.3) is 17.2 Å². The van der Waals surface area contributed by atoms with E-state index in [9.17, 15) is 23.6 Å². The Morgan fingerprint density at radius 2 is 1.59 bits per heavy atom. The number of esters is 1. The van der Waals surface area contributed by atoms with Crippen LogP contribution < -0.4 is 16.0 Å². The minimum Gasteiger partial charge on any atom is -0.465 e. The number of amides is 3. The summed E-state index contributed by atoms with van der Waals surface area (Å²) < 4.78 is 18.6. The van der Waals surface area contributed by atoms with Crippen LogP contribution in [0.3, 0.4) is 0 Å². The Kier molecular flexibility index (Phi) is 11.4. The molecule has 1 heterocycles. The molecule has 0 aliphatic rings. The quantitative estimate of drug-likeness (QED) is 0.0731. The summed E-state index contributed by atoms with van der Waals surface area (Å²) in [5.41, 5.74) is 4.12. The van der Waals surface area contributed by atoms with Gasteiger partial charge in [-0.1, -0.05) is 66.2 Å². The highest BCUT2D eigenvalue weighted by Gasteiger charge is 2.24. The molecule has 5 rings (SSSR count). The van der Waals surface area contributed by atoms with E-state index in [1.807, 2.05) is 36.6 Å². The molecule has 8 nitrogen and oxygen atoms in total. The lowest BCUT2D eigenvalue weighted by Gasteiger charge is -2.14. The summed E-state index contributed by atoms with van der Waals surface area (Å²) in [6, 6.07) is 28.6. The second-order valence-corrected chi connectivity index (χ2v) is 13.2. The number of methoxy groups -OCH3 is 1. The molecule has 0 radical (unpaired) electrons. The maximum atomic E-state index is 13.5. The number of hydrogen-bond acceptors (Lipinski definition) is 7. The highest BCUT2D eigenvalue weighted by atomic mass is 32.2. The van der Waals surface area contributed by atoms with Gasteiger partial charge in [0, 0.05) is 27.1 Å². The van der Waals surface area contributed by atoms with Crippen molar-refractivity contribution in [2.24, 2.45) is 0 Å². The molecule has 0 fully saturated rings. The summed E-state index contributed by atoms with van der Waals surface area (Å²) in [4.78, 5) is 53.2. The van der Waals surface area contributed by atoms with E-state index in [0.717, 1.165) is 11.1 Å². The van der Waals surface area contributed by atoms with Crippen molar-refractivity contribution in [2.75, 3.05) is 17.7 Å². The van der Waals surface area contributed by atoms with Crippen molar-refractivity contribution in [1.82, 2.24) is 5.32 Å². The van der Waals surface area contributed by atoms with Gasteiger partial charge in [0.05, 0.1) is 12.4 Å². The first-order valence-electron chi connectivity index (χ1n) is 15.1. The van der Waals surface area contributed by atoms with Gasteiger partial charge >= 0.3 is 5.97 Å². The Morgan fingerprint density at radius 1 is 0.878 bits per heavy atom. The molecular weight excluding hydrogens is 662 g/mol. The van der Waals surface area contributed by atoms with Gasteiger partial charge in [-0.05, 0) is 73.5 Å². The van der Waals surface area contributed by atoms with Gasteiger partial charge in [-0.2, -0.15) is 0 Å². The number of halogens is 1. The van der Waals surface area contributed by atoms with E-state index in [0.29, 0.717) is 32.3 Å². The van der Waals surface area contributed by atoms with Gasteiger partial charge in [0.25, 0.3) is 11.8 Å². The maximum absolute atomic E-state index is 13.5. The van der Waals surface area contributed by atoms with Crippen LogP contribution in [0.5, 0.6) is 0 Å². The van der Waals surface area contributed by atoms with E-state index in [4.69, 9.17) is 4.74 Å². The zero-order valence-electron chi connectivity index (χ0n) is 26.8. The van der Waals surface area contributed by atoms with Gasteiger partial charge in [0.2, 0.25) is 5.91 Å². The number of benzene rings is 4. The number of rotatable bonds is 11.